The molecule has 0 unspecified atom stereocenters. The number of hydrogen-bond donors (Lipinski definition) is 1. The lowest BCUT2D eigenvalue weighted by atomic mass is 10.1. The smallest absolute Gasteiger partial charge is 0.260 e. The van der Waals surface area contributed by atoms with Crippen LogP contribution in [0.1, 0.15) is 12.5 Å². The molecule has 0 aliphatic carbocycles. The molecule has 3 nitrogen and oxygen atoms in total. The van der Waals surface area contributed by atoms with Crippen molar-refractivity contribution in [3.05, 3.63) is 77.3 Å². The van der Waals surface area contributed by atoms with Crippen LogP contribution in [0.5, 0.6) is 5.75 Å². The van der Waals surface area contributed by atoms with Gasteiger partial charge in [-0.15, -0.1) is 0 Å². The summed E-state index contributed by atoms with van der Waals surface area (Å²) in [6.45, 7) is 2.37. The third-order valence-electron chi connectivity index (χ3n) is 4.11. The van der Waals surface area contributed by atoms with Crippen molar-refractivity contribution in [3.63, 3.8) is 0 Å². The Labute approximate surface area is 169 Å². The number of nitrogens with one attached hydrogen (secondary N) is 1. The highest BCUT2D eigenvalue weighted by Crippen LogP contribution is 2.21. The Morgan fingerprint density at radius 1 is 1.07 bits per heavy atom. The molecule has 1 amide bonds. The molecule has 0 bridgehead atoms. The maximum absolute atomic E-state index is 12.2. The molecule has 3 aromatic rings. The van der Waals surface area contributed by atoms with Crippen LogP contribution in [-0.4, -0.2) is 24.3 Å². The molecule has 1 atom stereocenters. The fourth-order valence-corrected chi connectivity index (χ4v) is 3.72. The number of benzene rings is 3. The summed E-state index contributed by atoms with van der Waals surface area (Å²) in [5.74, 6) is 2.30. The van der Waals surface area contributed by atoms with Gasteiger partial charge in [-0.25, -0.2) is 0 Å². The quantitative estimate of drug-likeness (QED) is 0.521. The molecule has 0 saturated carbocycles. The van der Waals surface area contributed by atoms with E-state index in [9.17, 15) is 4.79 Å². The average molecular weight is 400 g/mol. The Morgan fingerprint density at radius 3 is 2.70 bits per heavy atom. The first-order valence-corrected chi connectivity index (χ1v) is 10.4. The van der Waals surface area contributed by atoms with Crippen LogP contribution in [0.15, 0.2) is 66.7 Å². The van der Waals surface area contributed by atoms with Crippen LogP contribution >= 0.6 is 23.4 Å². The van der Waals surface area contributed by atoms with Crippen LogP contribution < -0.4 is 10.1 Å². The van der Waals surface area contributed by atoms with Gasteiger partial charge >= 0.3 is 0 Å². The van der Waals surface area contributed by atoms with Crippen LogP contribution in [0.2, 0.25) is 5.02 Å². The van der Waals surface area contributed by atoms with Crippen LogP contribution in [0.25, 0.3) is 10.8 Å². The molecule has 0 saturated heterocycles. The summed E-state index contributed by atoms with van der Waals surface area (Å²) in [4.78, 5) is 12.2. The molecule has 0 fully saturated rings. The lowest BCUT2D eigenvalue weighted by molar-refractivity contribution is -0.127. The van der Waals surface area contributed by atoms with Crippen molar-refractivity contribution in [2.75, 3.05) is 12.3 Å². The SMILES string of the molecule is C[C@H](Oc1ccc2ccccc2c1)C(=O)NCCSCc1cccc(Cl)c1. The normalized spacial score (nSPS) is 11.9. The second-order valence-electron chi connectivity index (χ2n) is 6.24. The van der Waals surface area contributed by atoms with Crippen molar-refractivity contribution in [1.29, 1.82) is 0 Å². The summed E-state index contributed by atoms with van der Waals surface area (Å²) in [7, 11) is 0. The number of amides is 1. The van der Waals surface area contributed by atoms with Gasteiger partial charge in [-0.05, 0) is 47.5 Å². The molecule has 27 heavy (non-hydrogen) atoms. The second-order valence-corrected chi connectivity index (χ2v) is 7.78. The van der Waals surface area contributed by atoms with E-state index in [1.165, 1.54) is 5.56 Å². The van der Waals surface area contributed by atoms with E-state index in [1.54, 1.807) is 18.7 Å². The first-order valence-electron chi connectivity index (χ1n) is 8.87. The van der Waals surface area contributed by atoms with Gasteiger partial charge in [0.1, 0.15) is 5.75 Å². The van der Waals surface area contributed by atoms with E-state index in [-0.39, 0.29) is 5.91 Å². The molecule has 3 aromatic carbocycles. The molecule has 0 heterocycles. The number of halogens is 1. The third kappa shape index (κ3) is 5.91. The van der Waals surface area contributed by atoms with Crippen molar-refractivity contribution in [2.24, 2.45) is 0 Å². The van der Waals surface area contributed by atoms with Crippen molar-refractivity contribution >= 4 is 40.0 Å². The average Bonchev–Trinajstić information content (AvgIpc) is 2.67. The minimum atomic E-state index is -0.538. The van der Waals surface area contributed by atoms with Crippen LogP contribution in [0, 0.1) is 0 Å². The molecular weight excluding hydrogens is 378 g/mol. The minimum absolute atomic E-state index is 0.105. The van der Waals surface area contributed by atoms with E-state index < -0.39 is 6.10 Å². The lowest BCUT2D eigenvalue weighted by Crippen LogP contribution is -2.37. The number of ether oxygens (including phenoxy) is 1. The first-order chi connectivity index (χ1) is 13.1. The van der Waals surface area contributed by atoms with Crippen LogP contribution in [0.4, 0.5) is 0 Å². The largest absolute Gasteiger partial charge is 0.481 e. The number of thioether (sulfide) groups is 1. The molecule has 0 aliphatic heterocycles. The summed E-state index contributed by atoms with van der Waals surface area (Å²) in [5.41, 5.74) is 1.19. The molecule has 0 aromatic heterocycles. The predicted molar refractivity (Wildman–Crippen MR) is 115 cm³/mol. The second kappa shape index (κ2) is 9.67. The number of carbonyl (C=O) groups is 1. The van der Waals surface area contributed by atoms with Crippen molar-refractivity contribution in [1.82, 2.24) is 5.32 Å². The summed E-state index contributed by atoms with van der Waals surface area (Å²) in [6, 6.07) is 21.8. The van der Waals surface area contributed by atoms with Gasteiger partial charge in [0.15, 0.2) is 6.10 Å². The van der Waals surface area contributed by atoms with E-state index >= 15 is 0 Å². The van der Waals surface area contributed by atoms with Crippen molar-refractivity contribution in [3.8, 4) is 5.75 Å². The highest BCUT2D eigenvalue weighted by atomic mass is 35.5. The molecule has 0 aliphatic rings. The lowest BCUT2D eigenvalue weighted by Gasteiger charge is -2.15. The summed E-state index contributed by atoms with van der Waals surface area (Å²) >= 11 is 7.74. The van der Waals surface area contributed by atoms with Gasteiger partial charge in [0.05, 0.1) is 0 Å². The highest BCUT2D eigenvalue weighted by molar-refractivity contribution is 7.98. The van der Waals surface area contributed by atoms with Crippen LogP contribution in [-0.2, 0) is 10.5 Å². The molecule has 140 valence electrons. The molecule has 0 radical (unpaired) electrons. The van der Waals surface area contributed by atoms with Gasteiger partial charge < -0.3 is 10.1 Å². The standard InChI is InChI=1S/C22H22ClNO2S/c1-16(26-21-10-9-18-6-2-3-7-19(18)14-21)22(25)24-11-12-27-15-17-5-4-8-20(23)13-17/h2-10,13-14,16H,11-12,15H2,1H3,(H,24,25)/t16-/m0/s1. The monoisotopic (exact) mass is 399 g/mol. The zero-order valence-electron chi connectivity index (χ0n) is 15.2. The molecule has 1 N–H and O–H groups in total. The topological polar surface area (TPSA) is 38.3 Å². The number of rotatable bonds is 8. The zero-order valence-corrected chi connectivity index (χ0v) is 16.7. The Morgan fingerprint density at radius 2 is 1.89 bits per heavy atom. The van der Waals surface area contributed by atoms with Gasteiger partial charge in [-0.1, -0.05) is 54.1 Å². The molecule has 3 rings (SSSR count). The number of hydrogen-bond acceptors (Lipinski definition) is 3. The zero-order chi connectivity index (χ0) is 19.1. The van der Waals surface area contributed by atoms with E-state index in [1.807, 2.05) is 54.6 Å². The summed E-state index contributed by atoms with van der Waals surface area (Å²) in [5, 5.41) is 5.93. The van der Waals surface area contributed by atoms with Gasteiger partial charge in [0.25, 0.3) is 5.91 Å². The number of fused-ring (bicyclic) bond motifs is 1. The fourth-order valence-electron chi connectivity index (χ4n) is 2.71. The Bertz CT molecular complexity index is 915. The van der Waals surface area contributed by atoms with E-state index in [0.717, 1.165) is 27.3 Å². The minimum Gasteiger partial charge on any atom is -0.481 e. The van der Waals surface area contributed by atoms with Gasteiger partial charge in [0.2, 0.25) is 0 Å². The van der Waals surface area contributed by atoms with Gasteiger partial charge in [0, 0.05) is 23.1 Å². The molecule has 0 spiro atoms. The maximum atomic E-state index is 12.2. The Kier molecular flexibility index (Phi) is 7.02. The number of carbonyl (C=O) groups excluding carboxylic acids is 1. The fraction of sp³-hybridized carbons (Fsp3) is 0.227. The summed E-state index contributed by atoms with van der Waals surface area (Å²) in [6.07, 6.45) is -0.538. The predicted octanol–water partition coefficient (Wildman–Crippen LogP) is 5.31. The van der Waals surface area contributed by atoms with Gasteiger partial charge in [-0.2, -0.15) is 11.8 Å². The molecule has 5 heteroatoms. The maximum Gasteiger partial charge on any atom is 0.260 e. The van der Waals surface area contributed by atoms with Gasteiger partial charge in [-0.3, -0.25) is 4.79 Å². The highest BCUT2D eigenvalue weighted by Gasteiger charge is 2.14. The van der Waals surface area contributed by atoms with E-state index in [4.69, 9.17) is 16.3 Å². The Hall–Kier alpha value is -2.17. The van der Waals surface area contributed by atoms with E-state index in [0.29, 0.717) is 12.3 Å². The summed E-state index contributed by atoms with van der Waals surface area (Å²) < 4.78 is 5.79. The molecular formula is C22H22ClNO2S. The third-order valence-corrected chi connectivity index (χ3v) is 5.37. The Balaban J connectivity index is 1.40. The van der Waals surface area contributed by atoms with E-state index in [2.05, 4.69) is 17.4 Å². The van der Waals surface area contributed by atoms with Crippen LogP contribution in [0.3, 0.4) is 0 Å². The van der Waals surface area contributed by atoms with Crippen molar-refractivity contribution in [2.45, 2.75) is 18.8 Å². The first kappa shape index (κ1) is 19.6. The van der Waals surface area contributed by atoms with Crippen molar-refractivity contribution < 1.29 is 9.53 Å².